The number of ether oxygens (including phenoxy) is 3. The third-order valence-electron chi connectivity index (χ3n) is 4.95. The molecule has 8 nitrogen and oxygen atoms in total. The summed E-state index contributed by atoms with van der Waals surface area (Å²) in [4.78, 5) is 29.9. The number of methoxy groups -OCH3 is 1. The number of hydrogen-bond acceptors (Lipinski definition) is 7. The van der Waals surface area contributed by atoms with Gasteiger partial charge in [0.25, 0.3) is 5.56 Å². The number of carbonyl (C=O) groups excluding carboxylic acids is 1. The van der Waals surface area contributed by atoms with Crippen LogP contribution in [0, 0.1) is 0 Å². The lowest BCUT2D eigenvalue weighted by Gasteiger charge is -2.18. The molecule has 2 aromatic carbocycles. The molecule has 0 saturated heterocycles. The first-order chi connectivity index (χ1) is 16.6. The molecular weight excluding hydrogens is 606 g/mol. The van der Waals surface area contributed by atoms with Gasteiger partial charge in [0.05, 0.1) is 30.8 Å². The average Bonchev–Trinajstić information content (AvgIpc) is 2.82. The van der Waals surface area contributed by atoms with E-state index >= 15 is 0 Å². The molecule has 0 amide bonds. The van der Waals surface area contributed by atoms with Gasteiger partial charge in [0, 0.05) is 20.4 Å². The number of hydrogen-bond donors (Lipinski definition) is 0. The molecule has 0 saturated carbocycles. The Hall–Kier alpha value is -2.43. The van der Waals surface area contributed by atoms with Crippen LogP contribution in [0.5, 0.6) is 11.5 Å². The van der Waals surface area contributed by atoms with Gasteiger partial charge in [-0.2, -0.15) is 9.78 Å². The fourth-order valence-electron chi connectivity index (χ4n) is 3.22. The van der Waals surface area contributed by atoms with Gasteiger partial charge in [0.2, 0.25) is 0 Å². The summed E-state index contributed by atoms with van der Waals surface area (Å²) in [6, 6.07) is 6.98. The third-order valence-corrected chi connectivity index (χ3v) is 6.89. The summed E-state index contributed by atoms with van der Waals surface area (Å²) in [6.45, 7) is 7.37. The van der Waals surface area contributed by atoms with E-state index in [1.807, 2.05) is 19.9 Å². The number of benzene rings is 2. The van der Waals surface area contributed by atoms with Crippen LogP contribution in [0.1, 0.15) is 45.0 Å². The molecule has 0 radical (unpaired) electrons. The Balaban J connectivity index is 2.08. The second kappa shape index (κ2) is 11.5. The van der Waals surface area contributed by atoms with Crippen LogP contribution in [-0.2, 0) is 9.53 Å². The number of fused-ring (bicyclic) bond motifs is 1. The normalized spacial score (nSPS) is 12.4. The van der Waals surface area contributed by atoms with Crippen LogP contribution in [0.2, 0.25) is 5.02 Å². The number of rotatable bonds is 8. The number of halogens is 3. The van der Waals surface area contributed by atoms with Crippen LogP contribution in [0.25, 0.3) is 10.9 Å². The SMILES string of the molecule is CCOC(=O)[C@@H](C)Oc1c(OC)cc(C=Nn2c(C(C)C)nc3ccc(Br)cc3c2=O)c(Br)c1Cl. The first-order valence-electron chi connectivity index (χ1n) is 10.7. The molecule has 0 spiro atoms. The molecule has 0 aliphatic carbocycles. The number of carbonyl (C=O) groups is 1. The minimum absolute atomic E-state index is 0.0606. The van der Waals surface area contributed by atoms with Crippen molar-refractivity contribution in [2.75, 3.05) is 13.7 Å². The van der Waals surface area contributed by atoms with Gasteiger partial charge >= 0.3 is 5.97 Å². The quantitative estimate of drug-likeness (QED) is 0.227. The first kappa shape index (κ1) is 27.2. The highest BCUT2D eigenvalue weighted by molar-refractivity contribution is 9.10. The predicted molar refractivity (Wildman–Crippen MR) is 143 cm³/mol. The minimum atomic E-state index is -0.900. The van der Waals surface area contributed by atoms with Crippen LogP contribution in [0.15, 0.2) is 43.1 Å². The molecule has 0 aliphatic rings. The Labute approximate surface area is 224 Å². The van der Waals surface area contributed by atoms with E-state index in [0.717, 1.165) is 4.47 Å². The van der Waals surface area contributed by atoms with Gasteiger partial charge in [-0.25, -0.2) is 9.78 Å². The van der Waals surface area contributed by atoms with E-state index in [-0.39, 0.29) is 34.6 Å². The van der Waals surface area contributed by atoms with Crippen molar-refractivity contribution in [3.8, 4) is 11.5 Å². The van der Waals surface area contributed by atoms with Crippen molar-refractivity contribution < 1.29 is 19.0 Å². The molecule has 0 bridgehead atoms. The summed E-state index contributed by atoms with van der Waals surface area (Å²) in [5, 5.41) is 5.06. The molecule has 0 aliphatic heterocycles. The monoisotopic (exact) mass is 627 g/mol. The van der Waals surface area contributed by atoms with Gasteiger partial charge in [0.1, 0.15) is 10.8 Å². The van der Waals surface area contributed by atoms with E-state index in [0.29, 0.717) is 26.8 Å². The highest BCUT2D eigenvalue weighted by Gasteiger charge is 2.23. The maximum absolute atomic E-state index is 13.3. The van der Waals surface area contributed by atoms with E-state index in [2.05, 4.69) is 41.9 Å². The molecule has 186 valence electrons. The Bertz CT molecular complexity index is 1360. The molecule has 35 heavy (non-hydrogen) atoms. The minimum Gasteiger partial charge on any atom is -0.493 e. The molecule has 0 fully saturated rings. The van der Waals surface area contributed by atoms with E-state index in [9.17, 15) is 9.59 Å². The predicted octanol–water partition coefficient (Wildman–Crippen LogP) is 5.92. The number of esters is 1. The van der Waals surface area contributed by atoms with Crippen LogP contribution in [-0.4, -0.2) is 41.7 Å². The summed E-state index contributed by atoms with van der Waals surface area (Å²) < 4.78 is 18.7. The van der Waals surface area contributed by atoms with E-state index in [4.69, 9.17) is 25.8 Å². The number of nitrogens with zero attached hydrogens (tertiary/aromatic N) is 3. The van der Waals surface area contributed by atoms with Gasteiger partial charge in [-0.05, 0) is 54.0 Å². The Kier molecular flexibility index (Phi) is 8.95. The van der Waals surface area contributed by atoms with Gasteiger partial charge < -0.3 is 14.2 Å². The fourth-order valence-corrected chi connectivity index (χ4v) is 4.22. The van der Waals surface area contributed by atoms with Gasteiger partial charge in [-0.1, -0.05) is 41.4 Å². The van der Waals surface area contributed by atoms with Crippen molar-refractivity contribution in [3.05, 3.63) is 60.0 Å². The molecular formula is C24H24Br2ClN3O5. The summed E-state index contributed by atoms with van der Waals surface area (Å²) in [5.74, 6) is 0.389. The van der Waals surface area contributed by atoms with E-state index in [1.165, 1.54) is 18.0 Å². The van der Waals surface area contributed by atoms with Crippen molar-refractivity contribution in [1.29, 1.82) is 0 Å². The van der Waals surface area contributed by atoms with Crippen molar-refractivity contribution in [2.24, 2.45) is 5.10 Å². The highest BCUT2D eigenvalue weighted by atomic mass is 79.9. The molecule has 1 atom stereocenters. The standard InChI is InChI=1S/C24H24Br2ClN3O5/c1-6-34-24(32)13(4)35-21-18(33-5)9-14(19(26)20(21)27)11-28-30-22(12(2)3)29-17-8-7-15(25)10-16(17)23(30)31/h7-13H,6H2,1-5H3/t13-/m1/s1. The number of aromatic nitrogens is 2. The topological polar surface area (TPSA) is 92.0 Å². The summed E-state index contributed by atoms with van der Waals surface area (Å²) in [6.07, 6.45) is 0.582. The lowest BCUT2D eigenvalue weighted by atomic mass is 10.2. The smallest absolute Gasteiger partial charge is 0.347 e. The Morgan fingerprint density at radius 1 is 1.26 bits per heavy atom. The van der Waals surface area contributed by atoms with Crippen LogP contribution < -0.4 is 15.0 Å². The average molecular weight is 630 g/mol. The highest BCUT2D eigenvalue weighted by Crippen LogP contribution is 2.42. The molecule has 3 aromatic rings. The zero-order valence-corrected chi connectivity index (χ0v) is 23.7. The third kappa shape index (κ3) is 5.87. The molecule has 11 heteroatoms. The lowest BCUT2D eigenvalue weighted by molar-refractivity contribution is -0.150. The van der Waals surface area contributed by atoms with Crippen LogP contribution in [0.4, 0.5) is 0 Å². The Morgan fingerprint density at radius 3 is 2.60 bits per heavy atom. The lowest BCUT2D eigenvalue weighted by Crippen LogP contribution is -2.26. The first-order valence-corrected chi connectivity index (χ1v) is 12.7. The van der Waals surface area contributed by atoms with Gasteiger partial charge in [0.15, 0.2) is 17.6 Å². The van der Waals surface area contributed by atoms with E-state index in [1.54, 1.807) is 32.0 Å². The molecule has 0 N–H and O–H groups in total. The molecule has 3 rings (SSSR count). The zero-order chi connectivity index (χ0) is 25.9. The molecule has 1 heterocycles. The second-order valence-electron chi connectivity index (χ2n) is 7.78. The van der Waals surface area contributed by atoms with Crippen LogP contribution >= 0.6 is 43.5 Å². The van der Waals surface area contributed by atoms with Gasteiger partial charge in [-0.3, -0.25) is 4.79 Å². The van der Waals surface area contributed by atoms with Crippen molar-refractivity contribution >= 4 is 66.5 Å². The zero-order valence-electron chi connectivity index (χ0n) is 19.8. The van der Waals surface area contributed by atoms with Crippen molar-refractivity contribution in [3.63, 3.8) is 0 Å². The van der Waals surface area contributed by atoms with Crippen molar-refractivity contribution in [2.45, 2.75) is 39.7 Å². The van der Waals surface area contributed by atoms with Gasteiger partial charge in [-0.15, -0.1) is 0 Å². The Morgan fingerprint density at radius 2 is 1.97 bits per heavy atom. The largest absolute Gasteiger partial charge is 0.493 e. The maximum atomic E-state index is 13.3. The summed E-state index contributed by atoms with van der Waals surface area (Å²) in [7, 11) is 1.45. The van der Waals surface area contributed by atoms with Crippen LogP contribution in [0.3, 0.4) is 0 Å². The summed E-state index contributed by atoms with van der Waals surface area (Å²) in [5.41, 5.74) is 0.823. The summed E-state index contributed by atoms with van der Waals surface area (Å²) >= 11 is 13.4. The van der Waals surface area contributed by atoms with E-state index < -0.39 is 12.1 Å². The van der Waals surface area contributed by atoms with Crippen molar-refractivity contribution in [1.82, 2.24) is 9.66 Å². The molecule has 0 unspecified atom stereocenters. The fraction of sp³-hybridized carbons (Fsp3) is 0.333. The molecule has 1 aromatic heterocycles. The second-order valence-corrected chi connectivity index (χ2v) is 9.87. The maximum Gasteiger partial charge on any atom is 0.347 e.